The Morgan fingerprint density at radius 2 is 2.20 bits per heavy atom. The van der Waals surface area contributed by atoms with Gasteiger partial charge in [0.25, 0.3) is 0 Å². The van der Waals surface area contributed by atoms with Crippen LogP contribution in [0.15, 0.2) is 0 Å². The number of hydrogen-bond donors (Lipinski definition) is 3. The summed E-state index contributed by atoms with van der Waals surface area (Å²) in [5.41, 5.74) is 5.12. The summed E-state index contributed by atoms with van der Waals surface area (Å²) in [5.74, 6) is 0.0357. The molecular formula is C5H9N3O2. The number of nitrogens with zero attached hydrogens (tertiary/aromatic N) is 1. The van der Waals surface area contributed by atoms with E-state index >= 15 is 0 Å². The monoisotopic (exact) mass is 143 g/mol. The van der Waals surface area contributed by atoms with Crippen molar-refractivity contribution in [2.45, 2.75) is 0 Å². The Hall–Kier alpha value is -1.26. The van der Waals surface area contributed by atoms with E-state index in [1.54, 1.807) is 0 Å². The van der Waals surface area contributed by atoms with Crippen molar-refractivity contribution in [3.05, 3.63) is 0 Å². The predicted octanol–water partition coefficient (Wildman–Crippen LogP) is -0.468. The second-order valence-corrected chi connectivity index (χ2v) is 2.34. The lowest BCUT2D eigenvalue weighted by molar-refractivity contribution is 0.102. The minimum Gasteiger partial charge on any atom is -0.465 e. The molecule has 0 unspecified atom stereocenters. The van der Waals surface area contributed by atoms with Crippen LogP contribution in [0.25, 0.3) is 0 Å². The molecule has 5 heteroatoms. The first kappa shape index (κ1) is 6.85. The Balaban J connectivity index is 2.31. The van der Waals surface area contributed by atoms with Crippen molar-refractivity contribution in [2.24, 2.45) is 11.7 Å². The molecule has 0 aromatic rings. The molecule has 0 radical (unpaired) electrons. The average molecular weight is 143 g/mol. The Labute approximate surface area is 57.9 Å². The largest absolute Gasteiger partial charge is 0.465 e. The van der Waals surface area contributed by atoms with Crippen molar-refractivity contribution >= 4 is 11.9 Å². The van der Waals surface area contributed by atoms with Gasteiger partial charge in [0, 0.05) is 13.1 Å². The SMILES string of the molecule is N=C(N)C1CN(C(=O)O)C1. The van der Waals surface area contributed by atoms with Gasteiger partial charge in [0.05, 0.1) is 11.8 Å². The highest BCUT2D eigenvalue weighted by molar-refractivity contribution is 5.82. The number of nitrogens with two attached hydrogens (primary N) is 1. The highest BCUT2D eigenvalue weighted by Crippen LogP contribution is 2.14. The zero-order chi connectivity index (χ0) is 7.72. The molecule has 0 saturated carbocycles. The minimum absolute atomic E-state index is 0.0453. The van der Waals surface area contributed by atoms with Gasteiger partial charge in [0.15, 0.2) is 0 Å². The van der Waals surface area contributed by atoms with E-state index in [9.17, 15) is 4.79 Å². The molecule has 0 bridgehead atoms. The van der Waals surface area contributed by atoms with Crippen molar-refractivity contribution in [3.8, 4) is 0 Å². The summed E-state index contributed by atoms with van der Waals surface area (Å²) in [6.45, 7) is 0.759. The number of hydrogen-bond acceptors (Lipinski definition) is 2. The van der Waals surface area contributed by atoms with Crippen molar-refractivity contribution < 1.29 is 9.90 Å². The molecule has 0 aromatic heterocycles. The van der Waals surface area contributed by atoms with E-state index in [1.807, 2.05) is 0 Å². The van der Waals surface area contributed by atoms with Crippen LogP contribution < -0.4 is 5.73 Å². The molecule has 1 heterocycles. The summed E-state index contributed by atoms with van der Waals surface area (Å²) in [7, 11) is 0. The average Bonchev–Trinajstić information content (AvgIpc) is 1.56. The zero-order valence-electron chi connectivity index (χ0n) is 5.37. The second-order valence-electron chi connectivity index (χ2n) is 2.34. The molecule has 1 aliphatic heterocycles. The maximum absolute atomic E-state index is 10.2. The summed E-state index contributed by atoms with van der Waals surface area (Å²) in [6, 6.07) is 0. The fourth-order valence-electron chi connectivity index (χ4n) is 0.831. The van der Waals surface area contributed by atoms with Crippen LogP contribution in [-0.2, 0) is 0 Å². The van der Waals surface area contributed by atoms with Crippen LogP contribution in [0.5, 0.6) is 0 Å². The summed E-state index contributed by atoms with van der Waals surface area (Å²) in [5, 5.41) is 15.3. The van der Waals surface area contributed by atoms with Crippen LogP contribution in [0.3, 0.4) is 0 Å². The van der Waals surface area contributed by atoms with Crippen LogP contribution in [0.2, 0.25) is 0 Å². The molecule has 1 amide bonds. The predicted molar refractivity (Wildman–Crippen MR) is 35.0 cm³/mol. The van der Waals surface area contributed by atoms with E-state index in [0.717, 1.165) is 0 Å². The number of likely N-dealkylation sites (tertiary alicyclic amines) is 1. The highest BCUT2D eigenvalue weighted by atomic mass is 16.4. The molecule has 0 spiro atoms. The van der Waals surface area contributed by atoms with Crippen molar-refractivity contribution in [1.29, 1.82) is 5.41 Å². The molecular weight excluding hydrogens is 134 g/mol. The fourth-order valence-corrected chi connectivity index (χ4v) is 0.831. The molecule has 56 valence electrons. The summed E-state index contributed by atoms with van der Waals surface area (Å²) in [6.07, 6.45) is -0.933. The number of rotatable bonds is 1. The molecule has 5 nitrogen and oxygen atoms in total. The Morgan fingerprint density at radius 3 is 2.50 bits per heavy atom. The van der Waals surface area contributed by atoms with Gasteiger partial charge in [-0.3, -0.25) is 5.41 Å². The first-order valence-corrected chi connectivity index (χ1v) is 2.93. The zero-order valence-corrected chi connectivity index (χ0v) is 5.37. The van der Waals surface area contributed by atoms with Crippen molar-refractivity contribution in [3.63, 3.8) is 0 Å². The molecule has 10 heavy (non-hydrogen) atoms. The van der Waals surface area contributed by atoms with Crippen molar-refractivity contribution in [2.75, 3.05) is 13.1 Å². The standard InChI is InChI=1S/C5H9N3O2/c6-4(7)3-1-8(2-3)5(9)10/h3H,1-2H2,(H3,6,7)(H,9,10). The topological polar surface area (TPSA) is 90.4 Å². The summed E-state index contributed by atoms with van der Waals surface area (Å²) in [4.78, 5) is 11.4. The van der Waals surface area contributed by atoms with Crippen LogP contribution in [0.4, 0.5) is 4.79 Å². The lowest BCUT2D eigenvalue weighted by Gasteiger charge is -2.35. The van der Waals surface area contributed by atoms with Crippen LogP contribution >= 0.6 is 0 Å². The van der Waals surface area contributed by atoms with E-state index in [4.69, 9.17) is 16.2 Å². The van der Waals surface area contributed by atoms with Crippen LogP contribution in [0.1, 0.15) is 0 Å². The van der Waals surface area contributed by atoms with Crippen LogP contribution in [0, 0.1) is 11.3 Å². The van der Waals surface area contributed by atoms with E-state index in [-0.39, 0.29) is 11.8 Å². The van der Waals surface area contributed by atoms with Gasteiger partial charge in [0.2, 0.25) is 0 Å². The Kier molecular flexibility index (Phi) is 1.48. The second kappa shape index (κ2) is 2.17. The number of amidine groups is 1. The van der Waals surface area contributed by atoms with Gasteiger partial charge in [0.1, 0.15) is 0 Å². The molecule has 1 saturated heterocycles. The van der Waals surface area contributed by atoms with Gasteiger partial charge in [-0.05, 0) is 0 Å². The van der Waals surface area contributed by atoms with Gasteiger partial charge >= 0.3 is 6.09 Å². The summed E-state index contributed by atoms with van der Waals surface area (Å²) >= 11 is 0. The smallest absolute Gasteiger partial charge is 0.407 e. The van der Waals surface area contributed by atoms with Gasteiger partial charge in [-0.15, -0.1) is 0 Å². The van der Waals surface area contributed by atoms with Gasteiger partial charge in [-0.1, -0.05) is 0 Å². The highest BCUT2D eigenvalue weighted by Gasteiger charge is 2.32. The number of carbonyl (C=O) groups is 1. The molecule has 1 rings (SSSR count). The van der Waals surface area contributed by atoms with Crippen LogP contribution in [-0.4, -0.2) is 35.0 Å². The molecule has 0 aromatic carbocycles. The maximum atomic E-state index is 10.2. The van der Waals surface area contributed by atoms with E-state index in [2.05, 4.69) is 0 Å². The summed E-state index contributed by atoms with van der Waals surface area (Å²) < 4.78 is 0. The van der Waals surface area contributed by atoms with E-state index in [1.165, 1.54) is 4.90 Å². The van der Waals surface area contributed by atoms with Gasteiger partial charge in [-0.25, -0.2) is 4.79 Å². The number of carboxylic acid groups (broad SMARTS) is 1. The number of nitrogens with one attached hydrogen (secondary N) is 1. The third-order valence-corrected chi connectivity index (χ3v) is 1.59. The molecule has 0 aliphatic carbocycles. The molecule has 1 fully saturated rings. The van der Waals surface area contributed by atoms with E-state index in [0.29, 0.717) is 13.1 Å². The molecule has 4 N–H and O–H groups in total. The minimum atomic E-state index is -0.933. The first-order chi connectivity index (χ1) is 4.61. The lowest BCUT2D eigenvalue weighted by atomic mass is 10.0. The maximum Gasteiger partial charge on any atom is 0.407 e. The van der Waals surface area contributed by atoms with Gasteiger partial charge < -0.3 is 15.7 Å². The normalized spacial score (nSPS) is 18.2. The fraction of sp³-hybridized carbons (Fsp3) is 0.600. The Morgan fingerprint density at radius 1 is 1.70 bits per heavy atom. The lowest BCUT2D eigenvalue weighted by Crippen LogP contribution is -2.54. The number of amides is 1. The third-order valence-electron chi connectivity index (χ3n) is 1.59. The van der Waals surface area contributed by atoms with Gasteiger partial charge in [-0.2, -0.15) is 0 Å². The quantitative estimate of drug-likeness (QED) is 0.342. The Bertz CT molecular complexity index is 156. The third kappa shape index (κ3) is 1.02. The van der Waals surface area contributed by atoms with Crippen molar-refractivity contribution in [1.82, 2.24) is 4.90 Å². The molecule has 1 aliphatic rings. The first-order valence-electron chi connectivity index (χ1n) is 2.93. The van der Waals surface area contributed by atoms with E-state index < -0.39 is 6.09 Å². The molecule has 0 atom stereocenters.